The van der Waals surface area contributed by atoms with Crippen LogP contribution in [0.4, 0.5) is 0 Å². The Kier molecular flexibility index (Phi) is 44.4. The molecular formula is C60H103NO10. The quantitative estimate of drug-likeness (QED) is 0.0196. The maximum absolute atomic E-state index is 13.3. The van der Waals surface area contributed by atoms with Gasteiger partial charge in [0.25, 0.3) is 0 Å². The van der Waals surface area contributed by atoms with Gasteiger partial charge >= 0.3 is 5.97 Å². The molecule has 11 heteroatoms. The molecule has 0 spiro atoms. The minimum absolute atomic E-state index is 0.0932. The number of hydrogen-bond donors (Lipinski definition) is 6. The zero-order valence-electron chi connectivity index (χ0n) is 44.8. The molecule has 1 heterocycles. The van der Waals surface area contributed by atoms with Crippen LogP contribution in [0, 0.1) is 0 Å². The van der Waals surface area contributed by atoms with E-state index >= 15 is 0 Å². The van der Waals surface area contributed by atoms with Gasteiger partial charge < -0.3 is 45.1 Å². The molecule has 71 heavy (non-hydrogen) atoms. The molecule has 0 aromatic carbocycles. The van der Waals surface area contributed by atoms with Gasteiger partial charge in [-0.05, 0) is 89.9 Å². The fourth-order valence-electron chi connectivity index (χ4n) is 8.27. The summed E-state index contributed by atoms with van der Waals surface area (Å²) in [5.41, 5.74) is 0. The highest BCUT2D eigenvalue weighted by Crippen LogP contribution is 2.26. The van der Waals surface area contributed by atoms with Gasteiger partial charge in [-0.2, -0.15) is 0 Å². The first-order valence-corrected chi connectivity index (χ1v) is 28.4. The number of esters is 1. The second-order valence-electron chi connectivity index (χ2n) is 19.3. The van der Waals surface area contributed by atoms with Gasteiger partial charge in [-0.1, -0.05) is 209 Å². The average Bonchev–Trinajstić information content (AvgIpc) is 3.37. The Morgan fingerprint density at radius 3 is 1.52 bits per heavy atom. The lowest BCUT2D eigenvalue weighted by atomic mass is 9.99. The van der Waals surface area contributed by atoms with E-state index in [0.29, 0.717) is 12.8 Å². The van der Waals surface area contributed by atoms with Crippen LogP contribution in [0.5, 0.6) is 0 Å². The van der Waals surface area contributed by atoms with Crippen LogP contribution in [0.15, 0.2) is 85.1 Å². The van der Waals surface area contributed by atoms with Crippen molar-refractivity contribution in [1.82, 2.24) is 5.32 Å². The Morgan fingerprint density at radius 2 is 1.01 bits per heavy atom. The molecule has 0 radical (unpaired) electrons. The topological polar surface area (TPSA) is 175 Å². The van der Waals surface area contributed by atoms with Crippen molar-refractivity contribution >= 4 is 11.9 Å². The number of carbonyl (C=O) groups is 2. The van der Waals surface area contributed by atoms with Gasteiger partial charge in [-0.3, -0.25) is 9.59 Å². The maximum atomic E-state index is 13.3. The number of nitrogens with one attached hydrogen (secondary N) is 1. The van der Waals surface area contributed by atoms with E-state index in [1.165, 1.54) is 89.9 Å². The predicted molar refractivity (Wildman–Crippen MR) is 292 cm³/mol. The summed E-state index contributed by atoms with van der Waals surface area (Å²) in [5, 5.41) is 56.7. The first-order valence-electron chi connectivity index (χ1n) is 28.4. The molecule has 0 aromatic rings. The number of hydrogen-bond acceptors (Lipinski definition) is 10. The molecule has 11 nitrogen and oxygen atoms in total. The average molecular weight is 998 g/mol. The second kappa shape index (κ2) is 47.8. The zero-order chi connectivity index (χ0) is 51.8. The van der Waals surface area contributed by atoms with Crippen molar-refractivity contribution in [3.63, 3.8) is 0 Å². The smallest absolute Gasteiger partial charge is 0.306 e. The number of carbonyl (C=O) groups excluding carboxylic acids is 2. The second-order valence-corrected chi connectivity index (χ2v) is 19.3. The first kappa shape index (κ1) is 65.9. The summed E-state index contributed by atoms with van der Waals surface area (Å²) in [6, 6.07) is -1.06. The van der Waals surface area contributed by atoms with Crippen molar-refractivity contribution in [1.29, 1.82) is 0 Å². The Balaban J connectivity index is 2.80. The number of aliphatic hydroxyl groups excluding tert-OH is 5. The van der Waals surface area contributed by atoms with E-state index in [1.54, 1.807) is 6.08 Å². The molecule has 408 valence electrons. The summed E-state index contributed by atoms with van der Waals surface area (Å²) in [4.78, 5) is 26.4. The lowest BCUT2D eigenvalue weighted by molar-refractivity contribution is -0.305. The van der Waals surface area contributed by atoms with Gasteiger partial charge in [0, 0.05) is 6.42 Å². The highest BCUT2D eigenvalue weighted by atomic mass is 16.7. The fraction of sp³-hybridized carbons (Fsp3) is 0.733. The molecule has 1 aliphatic heterocycles. The number of allylic oxidation sites excluding steroid dienone is 13. The van der Waals surface area contributed by atoms with Crippen LogP contribution in [-0.4, -0.2) is 99.6 Å². The largest absolute Gasteiger partial charge is 0.454 e. The van der Waals surface area contributed by atoms with Crippen LogP contribution in [0.1, 0.15) is 220 Å². The molecular weight excluding hydrogens is 895 g/mol. The molecule has 1 fully saturated rings. The number of rotatable bonds is 46. The third-order valence-corrected chi connectivity index (χ3v) is 12.8. The summed E-state index contributed by atoms with van der Waals surface area (Å²) in [7, 11) is 0. The van der Waals surface area contributed by atoms with Crippen molar-refractivity contribution < 1.29 is 49.3 Å². The zero-order valence-corrected chi connectivity index (χ0v) is 44.8. The van der Waals surface area contributed by atoms with Crippen molar-refractivity contribution in [2.45, 2.75) is 269 Å². The van der Waals surface area contributed by atoms with Gasteiger partial charge in [0.2, 0.25) is 5.91 Å². The molecule has 1 saturated heterocycles. The van der Waals surface area contributed by atoms with Gasteiger partial charge in [-0.15, -0.1) is 0 Å². The van der Waals surface area contributed by atoms with E-state index in [-0.39, 0.29) is 19.4 Å². The molecule has 0 saturated carbocycles. The number of amides is 1. The third kappa shape index (κ3) is 36.4. The van der Waals surface area contributed by atoms with Crippen LogP contribution in [-0.2, 0) is 23.8 Å². The Labute approximate surface area is 432 Å². The van der Waals surface area contributed by atoms with Gasteiger partial charge in [0.1, 0.15) is 24.4 Å². The highest BCUT2D eigenvalue weighted by Gasteiger charge is 2.47. The molecule has 8 atom stereocenters. The maximum Gasteiger partial charge on any atom is 0.306 e. The Hall–Kier alpha value is -3.16. The number of aliphatic hydroxyl groups is 5. The van der Waals surface area contributed by atoms with Crippen molar-refractivity contribution in [2.75, 3.05) is 13.2 Å². The van der Waals surface area contributed by atoms with E-state index in [0.717, 1.165) is 83.5 Å². The molecule has 6 N–H and O–H groups in total. The molecule has 0 aliphatic carbocycles. The predicted octanol–water partition coefficient (Wildman–Crippen LogP) is 12.6. The molecule has 8 unspecified atom stereocenters. The van der Waals surface area contributed by atoms with E-state index in [1.807, 2.05) is 18.2 Å². The molecule has 1 rings (SSSR count). The molecule has 0 bridgehead atoms. The monoisotopic (exact) mass is 998 g/mol. The number of ether oxygens (including phenoxy) is 3. The van der Waals surface area contributed by atoms with Crippen LogP contribution >= 0.6 is 0 Å². The van der Waals surface area contributed by atoms with E-state index < -0.39 is 67.4 Å². The highest BCUT2D eigenvalue weighted by molar-refractivity contribution is 5.80. The summed E-state index contributed by atoms with van der Waals surface area (Å²) < 4.78 is 17.5. The number of unbranched alkanes of at least 4 members (excludes halogenated alkanes) is 20. The standard InChI is InChI=1S/C60H103NO10/c1-4-7-10-13-16-19-22-25-27-28-29-32-35-38-41-44-47-53(64)59(68)61-51(52(63)46-43-40-37-34-31-24-21-18-15-12-9-6-3)50-69-60-58(57(67)56(66)54(49-62)70-60)71-55(65)48-45-42-39-36-33-30-26-23-20-17-14-11-8-5-2/h7,10,16,19,25,27,29-30,32-33,38,41,43,46,51-54,56-58,60,62-64,66-67H,4-6,8-9,11-15,17-18,20-24,26,28,31,34-37,39-40,42,44-45,47-50H2,1-3H3,(H,61,68)/b10-7-,19-16-,27-25-,32-29-,33-30-,41-38-,46-43+. The third-order valence-electron chi connectivity index (χ3n) is 12.8. The van der Waals surface area contributed by atoms with Crippen LogP contribution < -0.4 is 5.32 Å². The van der Waals surface area contributed by atoms with Gasteiger partial charge in [-0.25, -0.2) is 0 Å². The summed E-state index contributed by atoms with van der Waals surface area (Å²) >= 11 is 0. The first-order chi connectivity index (χ1) is 34.7. The summed E-state index contributed by atoms with van der Waals surface area (Å²) in [6.45, 7) is 5.60. The minimum Gasteiger partial charge on any atom is -0.454 e. The lowest BCUT2D eigenvalue weighted by Crippen LogP contribution is -2.61. The van der Waals surface area contributed by atoms with Crippen molar-refractivity contribution in [2.24, 2.45) is 0 Å². The van der Waals surface area contributed by atoms with E-state index in [9.17, 15) is 35.1 Å². The minimum atomic E-state index is -1.63. The molecule has 0 aromatic heterocycles. The van der Waals surface area contributed by atoms with Gasteiger partial charge in [0.15, 0.2) is 12.4 Å². The van der Waals surface area contributed by atoms with Crippen molar-refractivity contribution in [3.8, 4) is 0 Å². The van der Waals surface area contributed by atoms with E-state index in [4.69, 9.17) is 14.2 Å². The Morgan fingerprint density at radius 1 is 0.563 bits per heavy atom. The summed E-state index contributed by atoms with van der Waals surface area (Å²) in [5.74, 6) is -1.28. The van der Waals surface area contributed by atoms with Crippen LogP contribution in [0.25, 0.3) is 0 Å². The molecule has 1 amide bonds. The van der Waals surface area contributed by atoms with Crippen LogP contribution in [0.3, 0.4) is 0 Å². The van der Waals surface area contributed by atoms with Gasteiger partial charge in [0.05, 0.1) is 25.4 Å². The van der Waals surface area contributed by atoms with E-state index in [2.05, 4.69) is 86.8 Å². The fourth-order valence-corrected chi connectivity index (χ4v) is 8.27. The van der Waals surface area contributed by atoms with Crippen molar-refractivity contribution in [3.05, 3.63) is 85.1 Å². The SMILES string of the molecule is CC/C=C\C/C=C\C/C=C\C/C=C\C/C=C\CCC(O)C(=O)NC(COC1OC(CO)C(O)C(O)C1OC(=O)CCCCC/C=C\CCCCCCCCC)C(O)/C=C/CCCCCCCCCCCC. The normalized spacial score (nSPS) is 20.3. The molecule has 1 aliphatic rings. The van der Waals surface area contributed by atoms with Crippen LogP contribution in [0.2, 0.25) is 0 Å². The Bertz CT molecular complexity index is 1470. The summed E-state index contributed by atoms with van der Waals surface area (Å²) in [6.07, 6.45) is 50.7. The lowest BCUT2D eigenvalue weighted by Gasteiger charge is -2.41.